The molecule has 1 saturated heterocycles. The fraction of sp³-hybridized carbons (Fsp3) is 0.304. The molecule has 1 aliphatic rings. The highest BCUT2D eigenvalue weighted by molar-refractivity contribution is 7.99. The Morgan fingerprint density at radius 1 is 1.16 bits per heavy atom. The minimum absolute atomic E-state index is 0.0926. The van der Waals surface area contributed by atoms with E-state index in [2.05, 4.69) is 10.1 Å². The van der Waals surface area contributed by atoms with Crippen molar-refractivity contribution in [2.45, 2.75) is 26.5 Å². The summed E-state index contributed by atoms with van der Waals surface area (Å²) in [7, 11) is 1.34. The number of carbonyl (C=O) groups excluding carboxylic acids is 2. The van der Waals surface area contributed by atoms with E-state index in [9.17, 15) is 18.4 Å². The van der Waals surface area contributed by atoms with E-state index < -0.39 is 12.7 Å². The smallest absolute Gasteiger partial charge is 0.387 e. The largest absolute Gasteiger partial charge is 0.493 e. The molecule has 1 aliphatic heterocycles. The van der Waals surface area contributed by atoms with Crippen molar-refractivity contribution in [3.8, 4) is 11.5 Å². The molecule has 2 aromatic carbocycles. The number of methoxy groups -OCH3 is 1. The van der Waals surface area contributed by atoms with Gasteiger partial charge in [-0.3, -0.25) is 9.59 Å². The van der Waals surface area contributed by atoms with Crippen molar-refractivity contribution in [3.63, 3.8) is 0 Å². The molecule has 9 heteroatoms. The average Bonchev–Trinajstić information content (AvgIpc) is 3.25. The van der Waals surface area contributed by atoms with Crippen molar-refractivity contribution in [1.29, 1.82) is 0 Å². The van der Waals surface area contributed by atoms with Crippen LogP contribution >= 0.6 is 11.8 Å². The Balaban J connectivity index is 1.67. The minimum Gasteiger partial charge on any atom is -0.493 e. The summed E-state index contributed by atoms with van der Waals surface area (Å²) < 4.78 is 34.4. The number of ether oxygens (including phenoxy) is 2. The SMILES string of the molecule is COc1cc(/C=C/C(=O)N2CSCC2C(=O)Nc2ccc(C)c(C)c2)ccc1OC(F)F. The summed E-state index contributed by atoms with van der Waals surface area (Å²) in [6, 6.07) is 9.46. The molecule has 6 nitrogen and oxygen atoms in total. The Morgan fingerprint density at radius 2 is 1.94 bits per heavy atom. The molecule has 0 bridgehead atoms. The van der Waals surface area contributed by atoms with E-state index in [0.717, 1.165) is 11.1 Å². The first-order valence-corrected chi connectivity index (χ1v) is 11.0. The maximum absolute atomic E-state index is 12.8. The normalized spacial score (nSPS) is 15.9. The number of halogens is 2. The lowest BCUT2D eigenvalue weighted by Gasteiger charge is -2.22. The molecule has 1 atom stereocenters. The zero-order chi connectivity index (χ0) is 23.3. The van der Waals surface area contributed by atoms with Crippen molar-refractivity contribution < 1.29 is 27.8 Å². The average molecular weight is 463 g/mol. The first kappa shape index (κ1) is 23.6. The molecular weight excluding hydrogens is 438 g/mol. The zero-order valence-corrected chi connectivity index (χ0v) is 18.7. The van der Waals surface area contributed by atoms with Crippen LogP contribution in [0.25, 0.3) is 6.08 Å². The van der Waals surface area contributed by atoms with Crippen molar-refractivity contribution >= 4 is 35.3 Å². The van der Waals surface area contributed by atoms with E-state index in [1.54, 1.807) is 0 Å². The van der Waals surface area contributed by atoms with E-state index in [1.165, 1.54) is 54.1 Å². The highest BCUT2D eigenvalue weighted by atomic mass is 32.2. The predicted octanol–water partition coefficient (Wildman–Crippen LogP) is 4.47. The number of amides is 2. The molecule has 32 heavy (non-hydrogen) atoms. The summed E-state index contributed by atoms with van der Waals surface area (Å²) >= 11 is 1.50. The van der Waals surface area contributed by atoms with Gasteiger partial charge in [0, 0.05) is 17.5 Å². The van der Waals surface area contributed by atoms with Crippen LogP contribution in [0.4, 0.5) is 14.5 Å². The summed E-state index contributed by atoms with van der Waals surface area (Å²) in [6.07, 6.45) is 2.89. The van der Waals surface area contributed by atoms with Crippen molar-refractivity contribution in [2.75, 3.05) is 24.1 Å². The van der Waals surface area contributed by atoms with Gasteiger partial charge in [0.25, 0.3) is 0 Å². The van der Waals surface area contributed by atoms with Crippen molar-refractivity contribution in [2.24, 2.45) is 0 Å². The molecule has 3 rings (SSSR count). The number of rotatable bonds is 7. The second-order valence-electron chi connectivity index (χ2n) is 7.23. The summed E-state index contributed by atoms with van der Waals surface area (Å²) in [4.78, 5) is 27.0. The van der Waals surface area contributed by atoms with Crippen LogP contribution in [-0.2, 0) is 9.59 Å². The second kappa shape index (κ2) is 10.5. The molecule has 0 spiro atoms. The number of carbonyl (C=O) groups is 2. The van der Waals surface area contributed by atoms with Crippen LogP contribution in [0.5, 0.6) is 11.5 Å². The minimum atomic E-state index is -2.97. The molecule has 170 valence electrons. The van der Waals surface area contributed by atoms with E-state index in [1.807, 2.05) is 32.0 Å². The Morgan fingerprint density at radius 3 is 2.62 bits per heavy atom. The fourth-order valence-corrected chi connectivity index (χ4v) is 4.33. The molecule has 1 heterocycles. The van der Waals surface area contributed by atoms with Gasteiger partial charge in [-0.1, -0.05) is 12.1 Å². The van der Waals surface area contributed by atoms with Crippen LogP contribution in [0.1, 0.15) is 16.7 Å². The quantitative estimate of drug-likeness (QED) is 0.615. The van der Waals surface area contributed by atoms with Crippen LogP contribution in [-0.4, -0.2) is 48.1 Å². The number of nitrogens with zero attached hydrogens (tertiary/aromatic N) is 1. The molecule has 0 aliphatic carbocycles. The molecule has 1 unspecified atom stereocenters. The van der Waals surface area contributed by atoms with Crippen LogP contribution in [0, 0.1) is 13.8 Å². The third-order valence-electron chi connectivity index (χ3n) is 5.06. The lowest BCUT2D eigenvalue weighted by atomic mass is 10.1. The lowest BCUT2D eigenvalue weighted by Crippen LogP contribution is -2.43. The predicted molar refractivity (Wildman–Crippen MR) is 121 cm³/mol. The van der Waals surface area contributed by atoms with Gasteiger partial charge in [-0.25, -0.2) is 0 Å². The zero-order valence-electron chi connectivity index (χ0n) is 17.9. The third-order valence-corrected chi connectivity index (χ3v) is 6.08. The van der Waals surface area contributed by atoms with Crippen LogP contribution in [0.15, 0.2) is 42.5 Å². The maximum Gasteiger partial charge on any atom is 0.387 e. The van der Waals surface area contributed by atoms with Crippen LogP contribution in [0.3, 0.4) is 0 Å². The van der Waals surface area contributed by atoms with E-state index >= 15 is 0 Å². The topological polar surface area (TPSA) is 67.9 Å². The highest BCUT2D eigenvalue weighted by Crippen LogP contribution is 2.30. The summed E-state index contributed by atoms with van der Waals surface area (Å²) in [5, 5.41) is 2.89. The first-order chi connectivity index (χ1) is 15.3. The lowest BCUT2D eigenvalue weighted by molar-refractivity contribution is -0.132. The molecule has 2 aromatic rings. The fourth-order valence-electron chi connectivity index (χ4n) is 3.17. The van der Waals surface area contributed by atoms with Gasteiger partial charge in [-0.15, -0.1) is 11.8 Å². The number of hydrogen-bond donors (Lipinski definition) is 1. The third kappa shape index (κ3) is 5.79. The number of hydrogen-bond acceptors (Lipinski definition) is 5. The van der Waals surface area contributed by atoms with Gasteiger partial charge in [0.1, 0.15) is 6.04 Å². The number of alkyl halides is 2. The van der Waals surface area contributed by atoms with Gasteiger partial charge in [0.15, 0.2) is 11.5 Å². The summed E-state index contributed by atoms with van der Waals surface area (Å²) in [5.41, 5.74) is 3.46. The number of nitrogens with one attached hydrogen (secondary N) is 1. The van der Waals surface area contributed by atoms with Gasteiger partial charge in [0.2, 0.25) is 11.8 Å². The number of benzene rings is 2. The Bertz CT molecular complexity index is 1030. The van der Waals surface area contributed by atoms with Gasteiger partial charge in [-0.05, 0) is 60.9 Å². The second-order valence-corrected chi connectivity index (χ2v) is 8.23. The maximum atomic E-state index is 12.8. The Labute approximate surface area is 189 Å². The van der Waals surface area contributed by atoms with E-state index in [0.29, 0.717) is 22.9 Å². The Kier molecular flexibility index (Phi) is 7.74. The molecule has 0 saturated carbocycles. The van der Waals surface area contributed by atoms with Gasteiger partial charge in [0.05, 0.1) is 13.0 Å². The van der Waals surface area contributed by atoms with Crippen LogP contribution < -0.4 is 14.8 Å². The van der Waals surface area contributed by atoms with Crippen LogP contribution in [0.2, 0.25) is 0 Å². The standard InChI is InChI=1S/C23H24F2N2O4S/c1-14-4-7-17(10-15(14)2)26-22(29)18-12-32-13-27(18)21(28)9-6-16-5-8-19(31-23(24)25)20(11-16)30-3/h4-11,18,23H,12-13H2,1-3H3,(H,26,29)/b9-6+. The number of thioether (sulfide) groups is 1. The molecule has 1 N–H and O–H groups in total. The van der Waals surface area contributed by atoms with Gasteiger partial charge >= 0.3 is 6.61 Å². The molecule has 0 aromatic heterocycles. The first-order valence-electron chi connectivity index (χ1n) is 9.86. The highest BCUT2D eigenvalue weighted by Gasteiger charge is 2.33. The molecule has 0 radical (unpaired) electrons. The molecule has 2 amide bonds. The summed E-state index contributed by atoms with van der Waals surface area (Å²) in [5.74, 6) is 0.382. The van der Waals surface area contributed by atoms with Gasteiger partial charge < -0.3 is 19.7 Å². The van der Waals surface area contributed by atoms with E-state index in [4.69, 9.17) is 4.74 Å². The summed E-state index contributed by atoms with van der Waals surface area (Å²) in [6.45, 7) is 1.00. The van der Waals surface area contributed by atoms with Gasteiger partial charge in [-0.2, -0.15) is 8.78 Å². The van der Waals surface area contributed by atoms with E-state index in [-0.39, 0.29) is 23.3 Å². The van der Waals surface area contributed by atoms with Crippen molar-refractivity contribution in [1.82, 2.24) is 4.90 Å². The molecular formula is C23H24F2N2O4S. The van der Waals surface area contributed by atoms with Crippen molar-refractivity contribution in [3.05, 3.63) is 59.2 Å². The Hall–Kier alpha value is -3.07. The monoisotopic (exact) mass is 462 g/mol. The number of anilines is 1. The molecule has 1 fully saturated rings. The number of aryl methyl sites for hydroxylation is 2.